The zero-order chi connectivity index (χ0) is 34.1. The number of aromatic nitrogens is 1. The second-order valence-corrected chi connectivity index (χ2v) is 14.8. The summed E-state index contributed by atoms with van der Waals surface area (Å²) >= 11 is 14.8. The Kier molecular flexibility index (Phi) is 7.14. The molecule has 0 N–H and O–H groups in total. The van der Waals surface area contributed by atoms with Crippen LogP contribution in [-0.4, -0.2) is 4.57 Å². The molecule has 0 bridgehead atoms. The predicted octanol–water partition coefficient (Wildman–Crippen LogP) is 14.7. The van der Waals surface area contributed by atoms with Gasteiger partial charge < -0.3 is 9.47 Å². The molecule has 242 valence electrons. The number of nitrogens with zero attached hydrogens (tertiary/aromatic N) is 2. The maximum atomic E-state index is 6.46. The smallest absolute Gasteiger partial charge is 0.0562 e. The van der Waals surface area contributed by atoms with Gasteiger partial charge in [-0.05, 0) is 95.4 Å². The normalized spacial score (nSPS) is 11.7. The number of anilines is 3. The van der Waals surface area contributed by atoms with E-state index in [2.05, 4.69) is 161 Å². The Labute approximate surface area is 308 Å². The first-order valence-corrected chi connectivity index (χ1v) is 18.5. The zero-order valence-corrected chi connectivity index (χ0v) is 29.6. The van der Waals surface area contributed by atoms with Crippen LogP contribution in [0.3, 0.4) is 0 Å². The van der Waals surface area contributed by atoms with E-state index < -0.39 is 0 Å². The van der Waals surface area contributed by atoms with Crippen molar-refractivity contribution in [2.75, 3.05) is 4.90 Å². The highest BCUT2D eigenvalue weighted by Gasteiger charge is 2.20. The summed E-state index contributed by atoms with van der Waals surface area (Å²) in [4.78, 5) is 2.37. The number of hydrogen-bond donors (Lipinski definition) is 0. The lowest BCUT2D eigenvalue weighted by Crippen LogP contribution is -2.09. The first-order chi connectivity index (χ1) is 25.1. The fourth-order valence-electron chi connectivity index (χ4n) is 7.59. The number of para-hydroxylation sites is 1. The molecule has 0 saturated heterocycles. The van der Waals surface area contributed by atoms with Gasteiger partial charge in [0.15, 0.2) is 0 Å². The fourth-order valence-corrected chi connectivity index (χ4v) is 9.25. The van der Waals surface area contributed by atoms with Gasteiger partial charge in [-0.15, -0.1) is 11.3 Å². The summed E-state index contributed by atoms with van der Waals surface area (Å²) in [5.41, 5.74) is 8.76. The van der Waals surface area contributed by atoms with E-state index in [0.29, 0.717) is 10.0 Å². The molecule has 0 radical (unpaired) electrons. The summed E-state index contributed by atoms with van der Waals surface area (Å²) in [7, 11) is 0. The van der Waals surface area contributed by atoms with E-state index in [1.165, 1.54) is 36.3 Å². The lowest BCUT2D eigenvalue weighted by Gasteiger charge is -2.26. The average Bonchev–Trinajstić information content (AvgIpc) is 3.69. The number of benzene rings is 8. The Bertz CT molecular complexity index is 2930. The van der Waals surface area contributed by atoms with Gasteiger partial charge >= 0.3 is 0 Å². The van der Waals surface area contributed by atoms with E-state index in [4.69, 9.17) is 23.2 Å². The number of rotatable bonds is 5. The van der Waals surface area contributed by atoms with Crippen LogP contribution >= 0.6 is 34.5 Å². The van der Waals surface area contributed by atoms with E-state index in [-0.39, 0.29) is 0 Å². The van der Waals surface area contributed by atoms with Crippen LogP contribution in [0.25, 0.3) is 69.6 Å². The highest BCUT2D eigenvalue weighted by molar-refractivity contribution is 7.25. The van der Waals surface area contributed by atoms with Gasteiger partial charge in [0, 0.05) is 63.4 Å². The monoisotopic (exact) mass is 710 g/mol. The van der Waals surface area contributed by atoms with E-state index in [1.54, 1.807) is 6.07 Å². The summed E-state index contributed by atoms with van der Waals surface area (Å²) in [6.45, 7) is 0. The topological polar surface area (TPSA) is 8.17 Å². The van der Waals surface area contributed by atoms with Gasteiger partial charge in [0.25, 0.3) is 0 Å². The molecule has 0 spiro atoms. The summed E-state index contributed by atoms with van der Waals surface area (Å²) in [5, 5.41) is 8.57. The number of halogens is 2. The molecule has 0 aliphatic heterocycles. The highest BCUT2D eigenvalue weighted by Crippen LogP contribution is 2.44. The third-order valence-corrected chi connectivity index (χ3v) is 11.4. The largest absolute Gasteiger partial charge is 0.310 e. The second-order valence-electron chi connectivity index (χ2n) is 12.9. The summed E-state index contributed by atoms with van der Waals surface area (Å²) < 4.78 is 4.99. The SMILES string of the molecule is Clc1cc(Cl)cc(-c2ccc3c(c2)c2ccc(N(c4ccccc4)c4ccc5c(c4)sc4ccccc45)cc2n3-c2cccc3ccccc23)c1. The minimum atomic E-state index is 0.621. The quantitative estimate of drug-likeness (QED) is 0.173. The van der Waals surface area contributed by atoms with Gasteiger partial charge in [0.2, 0.25) is 0 Å². The number of fused-ring (bicyclic) bond motifs is 7. The van der Waals surface area contributed by atoms with Crippen LogP contribution in [0.15, 0.2) is 170 Å². The molecule has 0 fully saturated rings. The molecule has 10 aromatic rings. The second kappa shape index (κ2) is 12.0. The van der Waals surface area contributed by atoms with Crippen molar-refractivity contribution < 1.29 is 0 Å². The van der Waals surface area contributed by atoms with E-state index in [9.17, 15) is 0 Å². The maximum absolute atomic E-state index is 6.46. The van der Waals surface area contributed by atoms with Crippen molar-refractivity contribution in [3.63, 3.8) is 0 Å². The van der Waals surface area contributed by atoms with Crippen molar-refractivity contribution in [3.8, 4) is 16.8 Å². The fraction of sp³-hybridized carbons (Fsp3) is 0. The third kappa shape index (κ3) is 5.08. The van der Waals surface area contributed by atoms with Crippen molar-refractivity contribution in [1.82, 2.24) is 4.57 Å². The molecule has 10 rings (SSSR count). The van der Waals surface area contributed by atoms with Gasteiger partial charge in [-0.1, -0.05) is 114 Å². The van der Waals surface area contributed by atoms with E-state index in [1.807, 2.05) is 23.5 Å². The Morgan fingerprint density at radius 3 is 1.94 bits per heavy atom. The Balaban J connectivity index is 1.24. The van der Waals surface area contributed by atoms with Crippen LogP contribution in [0.1, 0.15) is 0 Å². The standard InChI is InChI=1S/C46H28Cl2N2S/c47-32-23-31(24-33(48)26-32)30-17-22-43-41(25-30)38-20-18-35(27-44(38)50(43)42-15-8-10-29-9-4-5-13-37(29)42)49(34-11-2-1-3-12-34)36-19-21-40-39-14-6-7-16-45(39)51-46(40)28-36/h1-28H. The van der Waals surface area contributed by atoms with Gasteiger partial charge in [-0.3, -0.25) is 0 Å². The van der Waals surface area contributed by atoms with Crippen LogP contribution in [0.5, 0.6) is 0 Å². The Hall–Kier alpha value is -5.58. The number of hydrogen-bond acceptors (Lipinski definition) is 2. The molecule has 2 aromatic heterocycles. The molecule has 2 nitrogen and oxygen atoms in total. The van der Waals surface area contributed by atoms with E-state index >= 15 is 0 Å². The van der Waals surface area contributed by atoms with Crippen molar-refractivity contribution in [2.24, 2.45) is 0 Å². The molecular weight excluding hydrogens is 683 g/mol. The summed E-state index contributed by atoms with van der Waals surface area (Å²) in [6.07, 6.45) is 0. The van der Waals surface area contributed by atoms with Crippen molar-refractivity contribution in [3.05, 3.63) is 180 Å². The summed E-state index contributed by atoms with van der Waals surface area (Å²) in [6, 6.07) is 60.6. The van der Waals surface area contributed by atoms with Crippen LogP contribution in [0, 0.1) is 0 Å². The highest BCUT2D eigenvalue weighted by atomic mass is 35.5. The van der Waals surface area contributed by atoms with Crippen LogP contribution < -0.4 is 4.90 Å². The molecule has 0 saturated carbocycles. The van der Waals surface area contributed by atoms with Crippen LogP contribution in [-0.2, 0) is 0 Å². The van der Waals surface area contributed by atoms with Crippen molar-refractivity contribution in [2.45, 2.75) is 0 Å². The zero-order valence-electron chi connectivity index (χ0n) is 27.2. The average molecular weight is 712 g/mol. The lowest BCUT2D eigenvalue weighted by molar-refractivity contribution is 1.19. The van der Waals surface area contributed by atoms with Crippen molar-refractivity contribution in [1.29, 1.82) is 0 Å². The first kappa shape index (κ1) is 30.3. The van der Waals surface area contributed by atoms with Crippen LogP contribution in [0.2, 0.25) is 10.0 Å². The Morgan fingerprint density at radius 2 is 1.10 bits per heavy atom. The van der Waals surface area contributed by atoms with Crippen LogP contribution in [0.4, 0.5) is 17.1 Å². The van der Waals surface area contributed by atoms with Gasteiger partial charge in [-0.2, -0.15) is 0 Å². The van der Waals surface area contributed by atoms with Gasteiger partial charge in [0.1, 0.15) is 0 Å². The molecule has 2 heterocycles. The first-order valence-electron chi connectivity index (χ1n) is 16.9. The minimum absolute atomic E-state index is 0.621. The molecule has 51 heavy (non-hydrogen) atoms. The van der Waals surface area contributed by atoms with Gasteiger partial charge in [0.05, 0.1) is 16.7 Å². The lowest BCUT2D eigenvalue weighted by atomic mass is 10.0. The van der Waals surface area contributed by atoms with E-state index in [0.717, 1.165) is 50.3 Å². The molecule has 0 atom stereocenters. The molecule has 0 unspecified atom stereocenters. The maximum Gasteiger partial charge on any atom is 0.0562 e. The predicted molar refractivity (Wildman–Crippen MR) is 221 cm³/mol. The molecule has 0 amide bonds. The third-order valence-electron chi connectivity index (χ3n) is 9.85. The molecule has 0 aliphatic rings. The number of thiophene rings is 1. The summed E-state index contributed by atoms with van der Waals surface area (Å²) in [5.74, 6) is 0. The minimum Gasteiger partial charge on any atom is -0.310 e. The Morgan fingerprint density at radius 1 is 0.412 bits per heavy atom. The molecule has 8 aromatic carbocycles. The molecule has 0 aliphatic carbocycles. The molecule has 5 heteroatoms. The molecular formula is C46H28Cl2N2S. The van der Waals surface area contributed by atoms with Gasteiger partial charge in [-0.25, -0.2) is 0 Å². The van der Waals surface area contributed by atoms with Crippen molar-refractivity contribution >= 4 is 104 Å².